The van der Waals surface area contributed by atoms with Crippen molar-refractivity contribution in [2.45, 2.75) is 39.0 Å². The highest BCUT2D eigenvalue weighted by Gasteiger charge is 2.27. The molecule has 0 saturated carbocycles. The number of hydrogen-bond acceptors (Lipinski definition) is 3. The highest BCUT2D eigenvalue weighted by molar-refractivity contribution is 5.85. The average Bonchev–Trinajstić information content (AvgIpc) is 2.38. The van der Waals surface area contributed by atoms with E-state index >= 15 is 0 Å². The fourth-order valence-electron chi connectivity index (χ4n) is 1.61. The van der Waals surface area contributed by atoms with Gasteiger partial charge in [-0.1, -0.05) is 18.2 Å². The summed E-state index contributed by atoms with van der Waals surface area (Å²) in [7, 11) is 1.68. The molecule has 1 atom stereocenters. The van der Waals surface area contributed by atoms with Crippen LogP contribution in [0.4, 0.5) is 8.78 Å². The van der Waals surface area contributed by atoms with Gasteiger partial charge in [0.25, 0.3) is 0 Å². The van der Waals surface area contributed by atoms with Crippen molar-refractivity contribution in [2.24, 2.45) is 0 Å². The Balaban J connectivity index is 2.87. The minimum Gasteiger partial charge on any atom is -0.434 e. The normalized spacial score (nSPS) is 13.2. The lowest BCUT2D eigenvalue weighted by Gasteiger charge is -2.26. The molecule has 1 rings (SSSR count). The zero-order chi connectivity index (χ0) is 15.3. The van der Waals surface area contributed by atoms with Gasteiger partial charge in [0.2, 0.25) is 5.91 Å². The largest absolute Gasteiger partial charge is 0.434 e. The van der Waals surface area contributed by atoms with Gasteiger partial charge in [-0.25, -0.2) is 0 Å². The summed E-state index contributed by atoms with van der Waals surface area (Å²) in [6, 6.07) is 5.97. The Morgan fingerprint density at radius 1 is 1.30 bits per heavy atom. The fourth-order valence-corrected chi connectivity index (χ4v) is 1.61. The van der Waals surface area contributed by atoms with Crippen LogP contribution in [0.2, 0.25) is 0 Å². The zero-order valence-corrected chi connectivity index (χ0v) is 12.0. The second kappa shape index (κ2) is 6.65. The third-order valence-corrected chi connectivity index (χ3v) is 3.14. The van der Waals surface area contributed by atoms with E-state index in [4.69, 9.17) is 0 Å². The molecule has 0 aromatic heterocycles. The molecule has 1 unspecified atom stereocenters. The quantitative estimate of drug-likeness (QED) is 0.844. The second-order valence-corrected chi connectivity index (χ2v) is 4.99. The van der Waals surface area contributed by atoms with Crippen LogP contribution < -0.4 is 15.4 Å². The smallest absolute Gasteiger partial charge is 0.387 e. The van der Waals surface area contributed by atoms with Gasteiger partial charge in [0.1, 0.15) is 5.75 Å². The maximum Gasteiger partial charge on any atom is 0.387 e. The molecule has 0 aliphatic rings. The van der Waals surface area contributed by atoms with Crippen LogP contribution in [0.5, 0.6) is 5.75 Å². The lowest BCUT2D eigenvalue weighted by molar-refractivity contribution is -0.126. The number of para-hydroxylation sites is 1. The van der Waals surface area contributed by atoms with Crippen LogP contribution in [0.25, 0.3) is 0 Å². The van der Waals surface area contributed by atoms with E-state index < -0.39 is 18.2 Å². The summed E-state index contributed by atoms with van der Waals surface area (Å²) in [6.07, 6.45) is 0. The van der Waals surface area contributed by atoms with Gasteiger partial charge in [-0.15, -0.1) is 0 Å². The Labute approximate surface area is 117 Å². The van der Waals surface area contributed by atoms with E-state index in [0.717, 1.165) is 0 Å². The molecule has 0 aliphatic carbocycles. The van der Waals surface area contributed by atoms with Gasteiger partial charge >= 0.3 is 6.61 Å². The monoisotopic (exact) mass is 286 g/mol. The average molecular weight is 286 g/mol. The van der Waals surface area contributed by atoms with E-state index in [-0.39, 0.29) is 11.7 Å². The minimum atomic E-state index is -2.90. The zero-order valence-electron chi connectivity index (χ0n) is 12.0. The van der Waals surface area contributed by atoms with Crippen LogP contribution in [-0.4, -0.2) is 25.1 Å². The molecule has 1 amide bonds. The first kappa shape index (κ1) is 16.4. The molecule has 0 spiro atoms. The van der Waals surface area contributed by atoms with Gasteiger partial charge < -0.3 is 15.4 Å². The number of ether oxygens (including phenoxy) is 1. The predicted octanol–water partition coefficient (Wildman–Crippen LogP) is 2.46. The molecule has 0 fully saturated rings. The summed E-state index contributed by atoms with van der Waals surface area (Å²) in [5.74, 6) is -0.156. The Kier molecular flexibility index (Phi) is 5.44. The molecule has 4 nitrogen and oxygen atoms in total. The number of nitrogens with one attached hydrogen (secondary N) is 2. The summed E-state index contributed by atoms with van der Waals surface area (Å²) in [5, 5.41) is 5.66. The number of alkyl halides is 2. The number of halogens is 2. The predicted molar refractivity (Wildman–Crippen MR) is 72.8 cm³/mol. The highest BCUT2D eigenvalue weighted by Crippen LogP contribution is 2.26. The summed E-state index contributed by atoms with van der Waals surface area (Å²) in [6.45, 7) is 2.29. The summed E-state index contributed by atoms with van der Waals surface area (Å²) in [4.78, 5) is 12.1. The van der Waals surface area contributed by atoms with Crippen LogP contribution >= 0.6 is 0 Å². The molecular formula is C14H20F2N2O2. The first-order valence-electron chi connectivity index (χ1n) is 6.31. The number of likely N-dealkylation sites (N-methyl/N-ethyl adjacent to an activating group) is 1. The molecule has 2 N–H and O–H groups in total. The van der Waals surface area contributed by atoms with Gasteiger partial charge in [0, 0.05) is 5.56 Å². The first-order valence-corrected chi connectivity index (χ1v) is 6.31. The van der Waals surface area contributed by atoms with Gasteiger partial charge in [-0.05, 0) is 33.9 Å². The molecule has 0 heterocycles. The van der Waals surface area contributed by atoms with E-state index in [1.165, 1.54) is 6.07 Å². The molecule has 0 bridgehead atoms. The van der Waals surface area contributed by atoms with Crippen LogP contribution in [0.3, 0.4) is 0 Å². The number of carbonyl (C=O) groups is 1. The van der Waals surface area contributed by atoms with Crippen LogP contribution in [-0.2, 0) is 4.79 Å². The van der Waals surface area contributed by atoms with Crippen molar-refractivity contribution in [1.82, 2.24) is 10.6 Å². The molecule has 20 heavy (non-hydrogen) atoms. The second-order valence-electron chi connectivity index (χ2n) is 4.99. The topological polar surface area (TPSA) is 50.4 Å². The Morgan fingerprint density at radius 2 is 1.90 bits per heavy atom. The molecule has 1 aromatic carbocycles. The summed E-state index contributed by atoms with van der Waals surface area (Å²) >= 11 is 0. The van der Waals surface area contributed by atoms with E-state index in [0.29, 0.717) is 5.56 Å². The van der Waals surface area contributed by atoms with E-state index in [1.54, 1.807) is 46.0 Å². The van der Waals surface area contributed by atoms with Crippen molar-refractivity contribution in [3.05, 3.63) is 29.8 Å². The summed E-state index contributed by atoms with van der Waals surface area (Å²) in [5.41, 5.74) is -0.236. The van der Waals surface area contributed by atoms with Crippen LogP contribution in [0.15, 0.2) is 24.3 Å². The third-order valence-electron chi connectivity index (χ3n) is 3.14. The molecule has 0 radical (unpaired) electrons. The number of hydrogen-bond donors (Lipinski definition) is 2. The lowest BCUT2D eigenvalue weighted by Crippen LogP contribution is -2.51. The fraction of sp³-hybridized carbons (Fsp3) is 0.500. The maximum absolute atomic E-state index is 12.4. The minimum absolute atomic E-state index is 0.0672. The molecule has 6 heteroatoms. The van der Waals surface area contributed by atoms with E-state index in [9.17, 15) is 13.6 Å². The van der Waals surface area contributed by atoms with Crippen molar-refractivity contribution in [2.75, 3.05) is 7.05 Å². The third kappa shape index (κ3) is 4.16. The number of benzene rings is 1. The maximum atomic E-state index is 12.4. The van der Waals surface area contributed by atoms with Gasteiger partial charge in [-0.2, -0.15) is 8.78 Å². The number of rotatable bonds is 6. The molecular weight excluding hydrogens is 266 g/mol. The van der Waals surface area contributed by atoms with E-state index in [2.05, 4.69) is 15.4 Å². The Bertz CT molecular complexity index is 464. The first-order chi connectivity index (χ1) is 9.27. The van der Waals surface area contributed by atoms with Gasteiger partial charge in [0.15, 0.2) is 0 Å². The highest BCUT2D eigenvalue weighted by atomic mass is 19.3. The lowest BCUT2D eigenvalue weighted by atomic mass is 10.0. The van der Waals surface area contributed by atoms with Crippen molar-refractivity contribution in [3.8, 4) is 5.75 Å². The van der Waals surface area contributed by atoms with Crippen molar-refractivity contribution < 1.29 is 18.3 Å². The SMILES string of the molecule is CNC(C)(C)C(=O)NC(C)c1ccccc1OC(F)F. The number of carbonyl (C=O) groups excluding carboxylic acids is 1. The van der Waals surface area contributed by atoms with Gasteiger partial charge in [0.05, 0.1) is 11.6 Å². The standard InChI is InChI=1S/C14H20F2N2O2/c1-9(18-12(19)14(2,3)17-4)10-7-5-6-8-11(10)20-13(15)16/h5-9,13,17H,1-4H3,(H,18,19). The van der Waals surface area contributed by atoms with Crippen LogP contribution in [0.1, 0.15) is 32.4 Å². The molecule has 112 valence electrons. The Morgan fingerprint density at radius 3 is 2.45 bits per heavy atom. The van der Waals surface area contributed by atoms with Gasteiger partial charge in [-0.3, -0.25) is 4.79 Å². The molecule has 0 aliphatic heterocycles. The van der Waals surface area contributed by atoms with Crippen molar-refractivity contribution >= 4 is 5.91 Å². The summed E-state index contributed by atoms with van der Waals surface area (Å²) < 4.78 is 29.2. The van der Waals surface area contributed by atoms with E-state index in [1.807, 2.05) is 0 Å². The Hall–Kier alpha value is -1.69. The molecule has 1 aromatic rings. The van der Waals surface area contributed by atoms with Crippen molar-refractivity contribution in [1.29, 1.82) is 0 Å². The van der Waals surface area contributed by atoms with Crippen molar-refractivity contribution in [3.63, 3.8) is 0 Å². The molecule has 0 saturated heterocycles. The van der Waals surface area contributed by atoms with Crippen LogP contribution in [0, 0.1) is 0 Å². The number of amides is 1.